The molecule has 0 aromatic heterocycles. The Morgan fingerprint density at radius 1 is 1.22 bits per heavy atom. The first kappa shape index (κ1) is 12.3. The summed E-state index contributed by atoms with van der Waals surface area (Å²) in [6.45, 7) is 0. The third kappa shape index (κ3) is 1.33. The van der Waals surface area contributed by atoms with Crippen LogP contribution < -0.4 is 0 Å². The Kier molecular flexibility index (Phi) is 2.65. The third-order valence-corrected chi connectivity index (χ3v) is 4.51. The van der Waals surface area contributed by atoms with Crippen LogP contribution >= 0.6 is 0 Å². The van der Waals surface area contributed by atoms with Gasteiger partial charge in [-0.2, -0.15) is 0 Å². The molecule has 0 aromatic rings. The maximum atomic E-state index is 11.9. The van der Waals surface area contributed by atoms with E-state index in [-0.39, 0.29) is 51.6 Å². The number of ether oxygens (including phenoxy) is 2. The quantitative estimate of drug-likeness (QED) is 0.334. The second-order valence-electron chi connectivity index (χ2n) is 5.32. The molecule has 0 aromatic carbocycles. The Hall–Kier alpha value is -0.732. The molecule has 3 heterocycles. The first-order valence-electron chi connectivity index (χ1n) is 5.96. The van der Waals surface area contributed by atoms with E-state index in [9.17, 15) is 9.59 Å². The molecule has 18 heavy (non-hydrogen) atoms. The largest absolute Gasteiger partial charge is 2.00 e. The van der Waals surface area contributed by atoms with Crippen molar-refractivity contribution in [2.24, 2.45) is 17.3 Å². The van der Waals surface area contributed by atoms with Crippen LogP contribution in [0, 0.1) is 30.1 Å². The summed E-state index contributed by atoms with van der Waals surface area (Å²) in [4.78, 5) is 23.2. The molecule has 5 unspecified atom stereocenters. The van der Waals surface area contributed by atoms with Crippen LogP contribution in [0.1, 0.15) is 12.8 Å². The smallest absolute Gasteiger partial charge is 0.393 e. The summed E-state index contributed by atoms with van der Waals surface area (Å²) in [5.41, 5.74) is -0.696. The molecule has 4 aliphatic rings. The fraction of sp³-hybridized carbons (Fsp3) is 0.538. The van der Waals surface area contributed by atoms with Crippen molar-refractivity contribution < 1.29 is 40.1 Å². The summed E-state index contributed by atoms with van der Waals surface area (Å²) in [5.74, 6) is -0.203. The Morgan fingerprint density at radius 2 is 1.94 bits per heavy atom. The van der Waals surface area contributed by atoms with Crippen molar-refractivity contribution in [3.63, 3.8) is 0 Å². The molecule has 4 nitrogen and oxygen atoms in total. The first-order valence-corrected chi connectivity index (χ1v) is 5.96. The molecular weight excluding hydrogens is 404 g/mol. The van der Waals surface area contributed by atoms with Gasteiger partial charge in [0.1, 0.15) is 5.41 Å². The monoisotopic (exact) mass is 416 g/mol. The van der Waals surface area contributed by atoms with Crippen molar-refractivity contribution in [2.75, 3.05) is 0 Å². The van der Waals surface area contributed by atoms with Gasteiger partial charge in [0.25, 0.3) is 0 Å². The molecule has 1 aliphatic carbocycles. The number of allylic oxidation sites excluding steroid dienone is 2. The molecule has 3 aliphatic heterocycles. The maximum Gasteiger partial charge on any atom is 2.00 e. The predicted molar refractivity (Wildman–Crippen MR) is 56.1 cm³/mol. The number of cyclic esters (lactones) is 2. The molecule has 0 radical (unpaired) electrons. The second kappa shape index (κ2) is 3.88. The van der Waals surface area contributed by atoms with Crippen molar-refractivity contribution in [1.82, 2.24) is 0 Å². The van der Waals surface area contributed by atoms with E-state index in [0.717, 1.165) is 0 Å². The van der Waals surface area contributed by atoms with Gasteiger partial charge in [0.15, 0.2) is 0 Å². The van der Waals surface area contributed by atoms with Crippen LogP contribution in [0.15, 0.2) is 12.2 Å². The van der Waals surface area contributed by atoms with Crippen molar-refractivity contribution in [3.8, 4) is 0 Å². The van der Waals surface area contributed by atoms with E-state index in [2.05, 4.69) is 12.8 Å². The number of esters is 2. The van der Waals surface area contributed by atoms with Gasteiger partial charge in [0, 0.05) is 6.10 Å². The molecular formula is C13H12O4W. The van der Waals surface area contributed by atoms with Crippen LogP contribution in [-0.2, 0) is 40.1 Å². The summed E-state index contributed by atoms with van der Waals surface area (Å²) in [5, 5.41) is 0. The summed E-state index contributed by atoms with van der Waals surface area (Å²) >= 11 is 0. The Morgan fingerprint density at radius 3 is 2.61 bits per heavy atom. The third-order valence-electron chi connectivity index (χ3n) is 4.51. The number of fused-ring (bicyclic) bond motifs is 6. The van der Waals surface area contributed by atoms with Gasteiger partial charge in [-0.1, -0.05) is 11.8 Å². The van der Waals surface area contributed by atoms with Gasteiger partial charge in [-0.05, 0) is 6.42 Å². The number of carbonyl (C=O) groups excluding carboxylic acids is 2. The fourth-order valence-corrected chi connectivity index (χ4v) is 3.79. The van der Waals surface area contributed by atoms with E-state index in [0.29, 0.717) is 12.3 Å². The zero-order chi connectivity index (χ0) is 11.6. The Labute approximate surface area is 119 Å². The van der Waals surface area contributed by atoms with Crippen LogP contribution in [0.3, 0.4) is 0 Å². The molecule has 3 fully saturated rings. The Bertz CT molecular complexity index is 446. The van der Waals surface area contributed by atoms with Crippen LogP contribution in [-0.4, -0.2) is 24.1 Å². The van der Waals surface area contributed by atoms with E-state index in [4.69, 9.17) is 9.47 Å². The first-order chi connectivity index (χ1) is 8.21. The molecule has 0 N–H and O–H groups in total. The minimum absolute atomic E-state index is 0. The topological polar surface area (TPSA) is 52.6 Å². The summed E-state index contributed by atoms with van der Waals surface area (Å²) in [7, 11) is 0. The van der Waals surface area contributed by atoms with Gasteiger partial charge in [0.05, 0.1) is 12.5 Å². The summed E-state index contributed by atoms with van der Waals surface area (Å²) in [6.07, 6.45) is 8.94. The van der Waals surface area contributed by atoms with Gasteiger partial charge in [-0.3, -0.25) is 9.59 Å². The van der Waals surface area contributed by atoms with Crippen molar-refractivity contribution in [2.45, 2.75) is 25.0 Å². The van der Waals surface area contributed by atoms with Gasteiger partial charge < -0.3 is 34.5 Å². The van der Waals surface area contributed by atoms with Gasteiger partial charge in [0.2, 0.25) is 0 Å². The van der Waals surface area contributed by atoms with E-state index in [1.54, 1.807) is 0 Å². The van der Waals surface area contributed by atoms with Crippen LogP contribution in [0.2, 0.25) is 0 Å². The van der Waals surface area contributed by atoms with E-state index >= 15 is 0 Å². The normalized spacial score (nSPS) is 47.3. The molecule has 0 saturated carbocycles. The van der Waals surface area contributed by atoms with Crippen LogP contribution in [0.25, 0.3) is 0 Å². The van der Waals surface area contributed by atoms with Crippen molar-refractivity contribution in [3.05, 3.63) is 25.0 Å². The van der Waals surface area contributed by atoms with Crippen molar-refractivity contribution >= 4 is 11.9 Å². The average molecular weight is 416 g/mol. The molecule has 5 atom stereocenters. The van der Waals surface area contributed by atoms with Gasteiger partial charge >= 0.3 is 33.0 Å². The second-order valence-corrected chi connectivity index (χ2v) is 5.32. The molecule has 94 valence electrons. The predicted octanol–water partition coefficient (Wildman–Crippen LogP) is 0.826. The molecule has 1 spiro atoms. The van der Waals surface area contributed by atoms with Gasteiger partial charge in [-0.15, -0.1) is 0 Å². The standard InChI is InChI=1S/C13H12O4.W/c14-10-6-13(12(15)17-10)5-9-7-3-1-2-4-8(7)11(13)16-9;/h1-4,7-9,11H,5-6H2;/q-2;+2. The SMILES string of the molecule is O=C1CC2(CC3OC2C2[CH-]C=C[CH-]C32)C(=O)O1.[W+2]. The minimum atomic E-state index is -0.696. The number of rotatable bonds is 0. The number of carbonyl (C=O) groups is 2. The van der Waals surface area contributed by atoms with E-state index in [1.165, 1.54) is 0 Å². The fourth-order valence-electron chi connectivity index (χ4n) is 3.79. The van der Waals surface area contributed by atoms with E-state index < -0.39 is 11.4 Å². The number of hydrogen-bond acceptors (Lipinski definition) is 4. The molecule has 2 bridgehead atoms. The minimum Gasteiger partial charge on any atom is -0.393 e. The van der Waals surface area contributed by atoms with Crippen molar-refractivity contribution in [1.29, 1.82) is 0 Å². The van der Waals surface area contributed by atoms with E-state index in [1.807, 2.05) is 12.2 Å². The van der Waals surface area contributed by atoms with Crippen LogP contribution in [0.4, 0.5) is 0 Å². The molecule has 4 rings (SSSR count). The molecule has 0 amide bonds. The number of hydrogen-bond donors (Lipinski definition) is 0. The Balaban J connectivity index is 0.000001000. The zero-order valence-corrected chi connectivity index (χ0v) is 12.5. The zero-order valence-electron chi connectivity index (χ0n) is 9.57. The summed E-state index contributed by atoms with van der Waals surface area (Å²) in [6, 6.07) is 0. The van der Waals surface area contributed by atoms with Gasteiger partial charge in [-0.25, -0.2) is 0 Å². The molecule has 3 saturated heterocycles. The average Bonchev–Trinajstić information content (AvgIpc) is 2.93. The summed E-state index contributed by atoms with van der Waals surface area (Å²) < 4.78 is 10.7. The maximum absolute atomic E-state index is 11.9. The molecule has 5 heteroatoms. The van der Waals surface area contributed by atoms with Crippen LogP contribution in [0.5, 0.6) is 0 Å².